The van der Waals surface area contributed by atoms with Crippen molar-refractivity contribution < 1.29 is 114 Å². The Balaban J connectivity index is 0.000000552. The molecule has 0 aliphatic heterocycles. The molecule has 0 saturated carbocycles. The van der Waals surface area contributed by atoms with E-state index in [1.165, 1.54) is 12.3 Å². The molecule has 4 nitrogen and oxygen atoms in total. The lowest BCUT2D eigenvalue weighted by Crippen LogP contribution is -2.75. The Bertz CT molecular complexity index is 2680. The van der Waals surface area contributed by atoms with Crippen LogP contribution >= 0.6 is 0 Å². The second-order valence-electron chi connectivity index (χ2n) is 16.3. The summed E-state index contributed by atoms with van der Waals surface area (Å²) in [6, 6.07) is 3.22. The Morgan fingerprint density at radius 3 is 0.855 bits per heavy atom. The fraction of sp³-hybridized carbons (Fsp3) is 0.239. The summed E-state index contributed by atoms with van der Waals surface area (Å²) in [6.45, 7) is 0. The third kappa shape index (κ3) is 14.9. The minimum atomic E-state index is -6.13. The van der Waals surface area contributed by atoms with E-state index in [4.69, 9.17) is 10.5 Å². The van der Waals surface area contributed by atoms with Gasteiger partial charge in [-0.25, -0.2) is 0 Å². The zero-order valence-corrected chi connectivity index (χ0v) is 37.9. The summed E-state index contributed by atoms with van der Waals surface area (Å²) in [5.41, 5.74) is -29.8. The zero-order chi connectivity index (χ0) is 58.2. The van der Waals surface area contributed by atoms with Gasteiger partial charge in [0.2, 0.25) is 5.78 Å². The fourth-order valence-corrected chi connectivity index (χ4v) is 8.85. The van der Waals surface area contributed by atoms with Gasteiger partial charge in [0.1, 0.15) is 35.9 Å². The molecule has 0 saturated heterocycles. The molecule has 76 heavy (non-hydrogen) atoms. The van der Waals surface area contributed by atoms with Crippen molar-refractivity contribution in [3.63, 3.8) is 0 Å². The van der Waals surface area contributed by atoms with E-state index in [9.17, 15) is 114 Å². The van der Waals surface area contributed by atoms with E-state index in [2.05, 4.69) is 0 Å². The number of hydrogen-bond acceptors (Lipinski definition) is 4. The number of benzene rings is 5. The highest BCUT2D eigenvalue weighted by atomic mass is 32.2. The lowest BCUT2D eigenvalue weighted by molar-refractivity contribution is -0.144. The van der Waals surface area contributed by atoms with Crippen LogP contribution in [0.1, 0.15) is 54.9 Å². The number of ketones is 1. The molecule has 1 unspecified atom stereocenters. The van der Waals surface area contributed by atoms with E-state index in [1.807, 2.05) is 0 Å². The molecule has 1 atom stereocenters. The van der Waals surface area contributed by atoms with Crippen molar-refractivity contribution >= 4 is 43.7 Å². The highest BCUT2D eigenvalue weighted by Crippen LogP contribution is 2.41. The van der Waals surface area contributed by atoms with Gasteiger partial charge in [0.15, 0.2) is 5.75 Å². The minimum absolute atomic E-state index is 0.0576. The zero-order valence-electron chi connectivity index (χ0n) is 37.1. The molecule has 408 valence electrons. The number of allylic oxidation sites excluding steroid dienone is 1. The molecule has 0 aromatic heterocycles. The van der Waals surface area contributed by atoms with Gasteiger partial charge >= 0.3 is 49.4 Å². The first kappa shape index (κ1) is 61.6. The van der Waals surface area contributed by atoms with Crippen LogP contribution in [-0.4, -0.2) is 29.7 Å². The monoisotopic (exact) mass is 1140 g/mol. The molecule has 30 heteroatoms. The first-order valence-corrected chi connectivity index (χ1v) is 22.4. The summed E-state index contributed by atoms with van der Waals surface area (Å²) >= 11 is 0. The molecule has 5 aromatic rings. The van der Waals surface area contributed by atoms with E-state index >= 15 is 0 Å². The van der Waals surface area contributed by atoms with Gasteiger partial charge < -0.3 is 0 Å². The van der Waals surface area contributed by atoms with Gasteiger partial charge in [0, 0.05) is 5.56 Å². The number of halogens is 24. The number of rotatable bonds is 9. The smallest absolute Gasteiger partial charge is 0.289 e. The summed E-state index contributed by atoms with van der Waals surface area (Å²) in [7, 11) is -2.42. The molecule has 0 heterocycles. The topological polar surface area (TPSA) is 81.7 Å². The Labute approximate surface area is 412 Å². The standard InChI is InChI=1S/C32H12BF24.C14H13N2O2S/c34-25(35,36)13-1-14(26(37,38)39)6-21(5-13)33(22-7-15(27(40,41)42)2-16(8-22)28(43,44)45,23-9-17(29(46,47)48)3-18(10-23)30(49,50)51)24-11-19(31(52,53)54)4-20(12-24)32(55,56)57;1-19(18,8-7-12(9-15)10-16)11-14(17)13-5-3-2-4-6-13/h1-12H;2-7H,8,11H2,1H3/q-1;+1. The number of carbonyl (C=O) groups is 1. The second kappa shape index (κ2) is 21.2. The Hall–Kier alpha value is -6.98. The van der Waals surface area contributed by atoms with E-state index < -0.39 is 205 Å². The number of hydrogen-bond donors (Lipinski definition) is 0. The van der Waals surface area contributed by atoms with Crippen molar-refractivity contribution in [1.29, 1.82) is 10.5 Å². The fourth-order valence-electron chi connectivity index (χ4n) is 7.49. The van der Waals surface area contributed by atoms with E-state index in [0.717, 1.165) is 0 Å². The first-order chi connectivity index (χ1) is 34.2. The van der Waals surface area contributed by atoms with E-state index in [1.54, 1.807) is 42.5 Å². The average molecular weight is 1140 g/mol. The highest BCUT2D eigenvalue weighted by molar-refractivity contribution is 8.03. The summed E-state index contributed by atoms with van der Waals surface area (Å²) in [6.07, 6.45) is -52.0. The van der Waals surface area contributed by atoms with Crippen molar-refractivity contribution in [2.24, 2.45) is 0 Å². The van der Waals surface area contributed by atoms with E-state index in [-0.39, 0.29) is 22.9 Å². The molecule has 0 amide bonds. The SMILES string of the molecule is C[S+](=O)(CC=C(C#N)C#N)CC(=O)c1ccccc1.FC(F)(F)c1cc([B-](c2cc(C(F)(F)F)cc(C(F)(F)F)c2)(c2cc(C(F)(F)F)cc(C(F)(F)F)c2)c2cc(C(F)(F)F)cc(C(F)(F)F)c2)cc(C(F)(F)F)c1. The molecule has 0 fully saturated rings. The summed E-state index contributed by atoms with van der Waals surface area (Å²) in [5.74, 6) is -0.225. The second-order valence-corrected chi connectivity index (χ2v) is 19.3. The number of nitriles is 2. The van der Waals surface area contributed by atoms with Crippen molar-refractivity contribution in [3.8, 4) is 12.1 Å². The first-order valence-electron chi connectivity index (χ1n) is 20.1. The van der Waals surface area contributed by atoms with Crippen LogP contribution in [0.15, 0.2) is 115 Å². The van der Waals surface area contributed by atoms with Crippen molar-refractivity contribution in [1.82, 2.24) is 0 Å². The van der Waals surface area contributed by atoms with Crippen LogP contribution in [0.4, 0.5) is 105 Å². The molecule has 0 spiro atoms. The van der Waals surface area contributed by atoms with Gasteiger partial charge in [-0.1, -0.05) is 78.9 Å². The third-order valence-corrected chi connectivity index (χ3v) is 12.6. The summed E-state index contributed by atoms with van der Waals surface area (Å²) < 4.78 is 353. The maximum absolute atomic E-state index is 14.2. The van der Waals surface area contributed by atoms with Crippen LogP contribution in [0.3, 0.4) is 0 Å². The maximum Gasteiger partial charge on any atom is 0.416 e. The molecule has 0 aliphatic carbocycles. The summed E-state index contributed by atoms with van der Waals surface area (Å²) in [4.78, 5) is 11.9. The summed E-state index contributed by atoms with van der Waals surface area (Å²) in [5, 5.41) is 17.2. The molecule has 0 N–H and O–H groups in total. The number of nitrogens with zero attached hydrogens (tertiary/aromatic N) is 2. The normalized spacial score (nSPS) is 13.9. The van der Waals surface area contributed by atoms with Crippen molar-refractivity contribution in [3.05, 3.63) is 165 Å². The lowest BCUT2D eigenvalue weighted by atomic mass is 9.12. The van der Waals surface area contributed by atoms with Crippen molar-refractivity contribution in [2.75, 3.05) is 17.8 Å². The van der Waals surface area contributed by atoms with Crippen LogP contribution in [-0.2, 0) is 63.6 Å². The predicted octanol–water partition coefficient (Wildman–Crippen LogP) is 13.2. The van der Waals surface area contributed by atoms with Crippen LogP contribution in [0.25, 0.3) is 0 Å². The van der Waals surface area contributed by atoms with E-state index in [0.29, 0.717) is 5.56 Å². The van der Waals surface area contributed by atoms with Crippen LogP contribution < -0.4 is 21.9 Å². The maximum atomic E-state index is 14.2. The largest absolute Gasteiger partial charge is 0.416 e. The Kier molecular flexibility index (Phi) is 17.2. The molecular weight excluding hydrogens is 1110 g/mol. The number of carbonyl (C=O) groups excluding carboxylic acids is 1. The van der Waals surface area contributed by atoms with Crippen LogP contribution in [0.2, 0.25) is 0 Å². The van der Waals surface area contributed by atoms with Gasteiger partial charge in [-0.3, -0.25) is 4.79 Å². The van der Waals surface area contributed by atoms with Crippen molar-refractivity contribution in [2.45, 2.75) is 49.4 Å². The molecule has 0 aliphatic rings. The van der Waals surface area contributed by atoms with Gasteiger partial charge in [-0.05, 0) is 30.3 Å². The third-order valence-electron chi connectivity index (χ3n) is 10.9. The molecule has 5 aromatic carbocycles. The van der Waals surface area contributed by atoms with Crippen LogP contribution in [0.5, 0.6) is 0 Å². The molecule has 0 bridgehead atoms. The Morgan fingerprint density at radius 2 is 0.658 bits per heavy atom. The van der Waals surface area contributed by atoms with Crippen LogP contribution in [0, 0.1) is 22.7 Å². The lowest BCUT2D eigenvalue weighted by Gasteiger charge is -2.46. The molecular formula is C46H25BF24N2O2S. The molecule has 0 radical (unpaired) electrons. The van der Waals surface area contributed by atoms with Gasteiger partial charge in [-0.2, -0.15) is 138 Å². The minimum Gasteiger partial charge on any atom is -0.289 e. The quantitative estimate of drug-likeness (QED) is 0.0484. The number of alkyl halides is 24. The molecule has 5 rings (SSSR count). The predicted molar refractivity (Wildman–Crippen MR) is 224 cm³/mol. The average Bonchev–Trinajstić information content (AvgIpc) is 3.27. The Morgan fingerprint density at radius 1 is 0.434 bits per heavy atom. The number of Topliss-reactive ketones (excluding diaryl/α,β-unsaturated/α-hetero) is 1. The highest BCUT2D eigenvalue weighted by Gasteiger charge is 2.47. The van der Waals surface area contributed by atoms with Gasteiger partial charge in [0.25, 0.3) is 0 Å². The van der Waals surface area contributed by atoms with Gasteiger partial charge in [0.05, 0.1) is 54.4 Å². The van der Waals surface area contributed by atoms with Gasteiger partial charge in [-0.15, -0.1) is 4.21 Å².